The minimum Gasteiger partial charge on any atom is -0.489 e. The van der Waals surface area contributed by atoms with Gasteiger partial charge in [-0.05, 0) is 56.9 Å². The summed E-state index contributed by atoms with van der Waals surface area (Å²) in [5.41, 5.74) is 8.90. The molecule has 0 aromatic carbocycles. The highest BCUT2D eigenvalue weighted by Gasteiger charge is 2.18. The number of nitrogens with two attached hydrogens (primary N) is 2. The Balaban J connectivity index is 1.49. The van der Waals surface area contributed by atoms with Crippen LogP contribution in [0.25, 0.3) is 11.5 Å². The molecule has 3 heterocycles. The van der Waals surface area contributed by atoms with Crippen molar-refractivity contribution in [3.8, 4) is 17.4 Å². The van der Waals surface area contributed by atoms with E-state index < -0.39 is 0 Å². The smallest absolute Gasteiger partial charge is 0.218 e. The molecule has 0 spiro atoms. The van der Waals surface area contributed by atoms with Gasteiger partial charge in [-0.25, -0.2) is 20.8 Å². The topological polar surface area (TPSA) is 117 Å². The van der Waals surface area contributed by atoms with Crippen molar-refractivity contribution in [2.24, 2.45) is 11.6 Å². The van der Waals surface area contributed by atoms with Crippen LogP contribution < -0.4 is 21.1 Å². The normalized spacial score (nSPS) is 15.1. The fraction of sp³-hybridized carbons (Fsp3) is 0.375. The van der Waals surface area contributed by atoms with E-state index in [2.05, 4.69) is 15.0 Å². The van der Waals surface area contributed by atoms with E-state index >= 15 is 0 Å². The van der Waals surface area contributed by atoms with Crippen LogP contribution in [0.15, 0.2) is 54.7 Å². The van der Waals surface area contributed by atoms with Crippen LogP contribution in [-0.4, -0.2) is 44.3 Å². The van der Waals surface area contributed by atoms with Crippen LogP contribution in [0.3, 0.4) is 0 Å². The molecule has 174 valence electrons. The number of hydrazine groups is 1. The third kappa shape index (κ3) is 5.61. The Kier molecular flexibility index (Phi) is 7.09. The standard InChI is InChI=1S/C24H31N7O2/c1-17-21(33-18-8-4-3-5-9-18)11-10-19(29-17)24(25)20(30(2)26)15-32-23-14-22(27-16-28-23)31-12-6-7-13-31/h6-7,10-14,16,18H,3-5,8-9,15,25-26H2,1-2H3/b24-20-. The summed E-state index contributed by atoms with van der Waals surface area (Å²) >= 11 is 0. The molecule has 0 bridgehead atoms. The molecule has 4 rings (SSSR count). The highest BCUT2D eigenvalue weighted by Crippen LogP contribution is 2.26. The van der Waals surface area contributed by atoms with E-state index in [1.54, 1.807) is 13.1 Å². The molecule has 3 aromatic rings. The molecule has 33 heavy (non-hydrogen) atoms. The largest absolute Gasteiger partial charge is 0.489 e. The SMILES string of the molecule is Cc1nc(/C(N)=C(\COc2cc(-n3cccc3)ncn2)N(C)N)ccc1OC1CCCCC1. The van der Waals surface area contributed by atoms with Gasteiger partial charge in [0.1, 0.15) is 24.5 Å². The average Bonchev–Trinajstić information content (AvgIpc) is 3.36. The summed E-state index contributed by atoms with van der Waals surface area (Å²) in [5.74, 6) is 7.99. The minimum atomic E-state index is 0.127. The summed E-state index contributed by atoms with van der Waals surface area (Å²) < 4.78 is 13.9. The molecule has 1 aliphatic rings. The van der Waals surface area contributed by atoms with Crippen molar-refractivity contribution in [2.45, 2.75) is 45.1 Å². The maximum Gasteiger partial charge on any atom is 0.218 e. The molecule has 1 fully saturated rings. The van der Waals surface area contributed by atoms with Gasteiger partial charge < -0.3 is 24.8 Å². The molecule has 0 atom stereocenters. The number of hydrogen-bond donors (Lipinski definition) is 2. The second-order valence-electron chi connectivity index (χ2n) is 8.22. The lowest BCUT2D eigenvalue weighted by molar-refractivity contribution is 0.153. The average molecular weight is 450 g/mol. The summed E-state index contributed by atoms with van der Waals surface area (Å²) in [6.07, 6.45) is 11.4. The van der Waals surface area contributed by atoms with Gasteiger partial charge in [0.15, 0.2) is 0 Å². The molecule has 3 aromatic heterocycles. The lowest BCUT2D eigenvalue weighted by atomic mass is 9.98. The Hall–Kier alpha value is -3.59. The van der Waals surface area contributed by atoms with Crippen molar-refractivity contribution in [3.63, 3.8) is 0 Å². The molecular formula is C24H31N7O2. The monoisotopic (exact) mass is 449 g/mol. The van der Waals surface area contributed by atoms with E-state index in [4.69, 9.17) is 21.1 Å². The van der Waals surface area contributed by atoms with Gasteiger partial charge in [0.25, 0.3) is 0 Å². The van der Waals surface area contributed by atoms with E-state index in [1.165, 1.54) is 30.6 Å². The summed E-state index contributed by atoms with van der Waals surface area (Å²) in [7, 11) is 1.71. The van der Waals surface area contributed by atoms with E-state index in [-0.39, 0.29) is 12.7 Å². The molecule has 1 saturated carbocycles. The van der Waals surface area contributed by atoms with E-state index in [0.29, 0.717) is 28.8 Å². The highest BCUT2D eigenvalue weighted by atomic mass is 16.5. The van der Waals surface area contributed by atoms with Crippen LogP contribution in [0.2, 0.25) is 0 Å². The number of aromatic nitrogens is 4. The minimum absolute atomic E-state index is 0.127. The molecule has 0 radical (unpaired) electrons. The Labute approximate surface area is 194 Å². The van der Waals surface area contributed by atoms with Gasteiger partial charge in [-0.15, -0.1) is 0 Å². The zero-order valence-electron chi connectivity index (χ0n) is 19.1. The van der Waals surface area contributed by atoms with E-state index in [9.17, 15) is 0 Å². The zero-order valence-corrected chi connectivity index (χ0v) is 19.1. The summed E-state index contributed by atoms with van der Waals surface area (Å²) in [6, 6.07) is 9.40. The summed E-state index contributed by atoms with van der Waals surface area (Å²) in [6.45, 7) is 2.06. The maximum absolute atomic E-state index is 6.45. The van der Waals surface area contributed by atoms with Gasteiger partial charge in [0.05, 0.1) is 28.9 Å². The lowest BCUT2D eigenvalue weighted by Crippen LogP contribution is -2.31. The number of ether oxygens (including phenoxy) is 2. The predicted octanol–water partition coefficient (Wildman–Crippen LogP) is 3.19. The highest BCUT2D eigenvalue weighted by molar-refractivity contribution is 5.63. The van der Waals surface area contributed by atoms with Gasteiger partial charge in [0, 0.05) is 25.5 Å². The van der Waals surface area contributed by atoms with E-state index in [1.807, 2.05) is 48.1 Å². The van der Waals surface area contributed by atoms with Crippen LogP contribution in [0.5, 0.6) is 11.6 Å². The van der Waals surface area contributed by atoms with Gasteiger partial charge in [0.2, 0.25) is 5.88 Å². The molecule has 0 saturated heterocycles. The van der Waals surface area contributed by atoms with Crippen LogP contribution >= 0.6 is 0 Å². The second kappa shape index (κ2) is 10.4. The maximum atomic E-state index is 6.45. The van der Waals surface area contributed by atoms with Crippen molar-refractivity contribution >= 4 is 5.70 Å². The van der Waals surface area contributed by atoms with Crippen LogP contribution in [0.1, 0.15) is 43.5 Å². The molecule has 9 nitrogen and oxygen atoms in total. The fourth-order valence-corrected chi connectivity index (χ4v) is 3.88. The molecule has 9 heteroatoms. The number of likely N-dealkylation sites (N-methyl/N-ethyl adjacent to an activating group) is 1. The molecule has 0 aliphatic heterocycles. The first-order valence-corrected chi connectivity index (χ1v) is 11.2. The predicted molar refractivity (Wildman–Crippen MR) is 126 cm³/mol. The van der Waals surface area contributed by atoms with Crippen molar-refractivity contribution in [2.75, 3.05) is 13.7 Å². The summed E-state index contributed by atoms with van der Waals surface area (Å²) in [5, 5.41) is 1.44. The molecular weight excluding hydrogens is 418 g/mol. The molecule has 1 aliphatic carbocycles. The van der Waals surface area contributed by atoms with E-state index in [0.717, 1.165) is 24.3 Å². The van der Waals surface area contributed by atoms with Crippen molar-refractivity contribution in [3.05, 3.63) is 66.1 Å². The first-order chi connectivity index (χ1) is 16.0. The first-order valence-electron chi connectivity index (χ1n) is 11.2. The number of aryl methyl sites for hydroxylation is 1. The zero-order chi connectivity index (χ0) is 23.2. The van der Waals surface area contributed by atoms with Crippen molar-refractivity contribution in [1.29, 1.82) is 0 Å². The van der Waals surface area contributed by atoms with Crippen LogP contribution in [-0.2, 0) is 0 Å². The first kappa shape index (κ1) is 22.6. The third-order valence-electron chi connectivity index (χ3n) is 5.75. The number of hydrogen-bond acceptors (Lipinski definition) is 8. The van der Waals surface area contributed by atoms with Gasteiger partial charge in [-0.3, -0.25) is 0 Å². The number of pyridine rings is 1. The quantitative estimate of drug-likeness (QED) is 0.398. The number of nitrogens with zero attached hydrogens (tertiary/aromatic N) is 5. The van der Waals surface area contributed by atoms with Crippen molar-refractivity contribution in [1.82, 2.24) is 24.5 Å². The Morgan fingerprint density at radius 1 is 1.15 bits per heavy atom. The Bertz CT molecular complexity index is 1090. The fourth-order valence-electron chi connectivity index (χ4n) is 3.88. The summed E-state index contributed by atoms with van der Waals surface area (Å²) in [4.78, 5) is 13.1. The lowest BCUT2D eigenvalue weighted by Gasteiger charge is -2.24. The van der Waals surface area contributed by atoms with Gasteiger partial charge >= 0.3 is 0 Å². The van der Waals surface area contributed by atoms with Crippen LogP contribution in [0.4, 0.5) is 0 Å². The second-order valence-corrected chi connectivity index (χ2v) is 8.22. The van der Waals surface area contributed by atoms with Crippen molar-refractivity contribution < 1.29 is 9.47 Å². The molecule has 0 unspecified atom stereocenters. The molecule has 4 N–H and O–H groups in total. The molecule has 0 amide bonds. The van der Waals surface area contributed by atoms with Crippen LogP contribution in [0, 0.1) is 6.92 Å². The number of rotatable bonds is 8. The third-order valence-corrected chi connectivity index (χ3v) is 5.75. The van der Waals surface area contributed by atoms with Gasteiger partial charge in [-0.1, -0.05) is 6.42 Å². The Morgan fingerprint density at radius 2 is 1.91 bits per heavy atom. The van der Waals surface area contributed by atoms with Gasteiger partial charge in [-0.2, -0.15) is 0 Å². The Morgan fingerprint density at radius 3 is 2.61 bits per heavy atom.